The van der Waals surface area contributed by atoms with Crippen LogP contribution in [0.4, 0.5) is 10.5 Å². The summed E-state index contributed by atoms with van der Waals surface area (Å²) in [6.07, 6.45) is 2.15. The number of carbonyl (C=O) groups excluding carboxylic acids is 1. The van der Waals surface area contributed by atoms with Crippen molar-refractivity contribution in [3.63, 3.8) is 0 Å². The minimum atomic E-state index is -0.268. The fourth-order valence-electron chi connectivity index (χ4n) is 3.07. The minimum Gasteiger partial charge on any atom is -0.489 e. The molecule has 0 spiro atoms. The van der Waals surface area contributed by atoms with E-state index >= 15 is 0 Å². The number of anilines is 1. The zero-order valence-corrected chi connectivity index (χ0v) is 15.5. The van der Waals surface area contributed by atoms with E-state index in [2.05, 4.69) is 28.7 Å². The smallest absolute Gasteiger partial charge is 0.319 e. The van der Waals surface area contributed by atoms with E-state index in [-0.39, 0.29) is 18.2 Å². The molecule has 0 aliphatic carbocycles. The summed E-state index contributed by atoms with van der Waals surface area (Å²) in [5.41, 5.74) is 0.996. The summed E-state index contributed by atoms with van der Waals surface area (Å²) in [5.74, 6) is 1.05. The molecule has 1 aliphatic rings. The van der Waals surface area contributed by atoms with Crippen molar-refractivity contribution in [2.75, 3.05) is 25.5 Å². The van der Waals surface area contributed by atoms with E-state index in [1.165, 1.54) is 0 Å². The Bertz CT molecular complexity index is 631. The number of nitrogens with zero attached hydrogens (tertiary/aromatic N) is 2. The number of likely N-dealkylation sites (tertiary alicyclic amines) is 1. The normalized spacial score (nSPS) is 17.0. The minimum absolute atomic E-state index is 0.0188. The van der Waals surface area contributed by atoms with Crippen molar-refractivity contribution < 1.29 is 9.53 Å². The van der Waals surface area contributed by atoms with Crippen LogP contribution in [-0.2, 0) is 0 Å². The summed E-state index contributed by atoms with van der Waals surface area (Å²) < 4.78 is 5.72. The summed E-state index contributed by atoms with van der Waals surface area (Å²) in [5, 5.41) is 14.9. The van der Waals surface area contributed by atoms with Crippen LogP contribution in [0.1, 0.15) is 39.2 Å². The Labute approximate surface area is 150 Å². The third-order valence-electron chi connectivity index (χ3n) is 4.55. The Kier molecular flexibility index (Phi) is 6.65. The van der Waals surface area contributed by atoms with Crippen LogP contribution in [0.2, 0.25) is 0 Å². The van der Waals surface area contributed by atoms with Gasteiger partial charge in [0, 0.05) is 6.04 Å². The van der Waals surface area contributed by atoms with E-state index in [1.54, 1.807) is 18.2 Å². The zero-order valence-electron chi connectivity index (χ0n) is 15.5. The molecule has 2 amide bonds. The third kappa shape index (κ3) is 5.64. The first kappa shape index (κ1) is 19.1. The molecule has 2 N–H and O–H groups in total. The summed E-state index contributed by atoms with van der Waals surface area (Å²) in [6.45, 7) is 8.02. The van der Waals surface area contributed by atoms with Gasteiger partial charge in [-0.2, -0.15) is 5.26 Å². The predicted molar refractivity (Wildman–Crippen MR) is 98.8 cm³/mol. The number of hydrogen-bond donors (Lipinski definition) is 2. The fourth-order valence-corrected chi connectivity index (χ4v) is 3.07. The van der Waals surface area contributed by atoms with Gasteiger partial charge in [-0.1, -0.05) is 0 Å². The summed E-state index contributed by atoms with van der Waals surface area (Å²) >= 11 is 0. The maximum atomic E-state index is 12.4. The van der Waals surface area contributed by atoms with Crippen LogP contribution in [0.15, 0.2) is 18.2 Å². The van der Waals surface area contributed by atoms with Crippen molar-refractivity contribution in [3.8, 4) is 11.8 Å². The third-order valence-corrected chi connectivity index (χ3v) is 4.55. The molecule has 0 saturated carbocycles. The maximum absolute atomic E-state index is 12.4. The number of amides is 2. The van der Waals surface area contributed by atoms with Crippen LogP contribution in [-0.4, -0.2) is 43.2 Å². The predicted octanol–water partition coefficient (Wildman–Crippen LogP) is 3.20. The van der Waals surface area contributed by atoms with E-state index in [4.69, 9.17) is 10.00 Å². The Hall–Kier alpha value is -2.26. The Morgan fingerprint density at radius 2 is 2.00 bits per heavy atom. The van der Waals surface area contributed by atoms with Gasteiger partial charge in [0.1, 0.15) is 5.75 Å². The molecule has 0 aromatic heterocycles. The number of benzene rings is 1. The SMILES string of the molecule is CC(C)Oc1ccc(C#N)cc1NC(=O)NC(C)C1CCN(C)CC1. The zero-order chi connectivity index (χ0) is 18.4. The number of piperidine rings is 1. The van der Waals surface area contributed by atoms with Gasteiger partial charge in [-0.25, -0.2) is 4.79 Å². The largest absolute Gasteiger partial charge is 0.489 e. The van der Waals surface area contributed by atoms with Gasteiger partial charge in [-0.05, 0) is 77.9 Å². The number of carbonyl (C=O) groups is 1. The lowest BCUT2D eigenvalue weighted by Gasteiger charge is -2.33. The van der Waals surface area contributed by atoms with Crippen molar-refractivity contribution in [1.82, 2.24) is 10.2 Å². The van der Waals surface area contributed by atoms with Crippen LogP contribution < -0.4 is 15.4 Å². The van der Waals surface area contributed by atoms with E-state index in [0.29, 0.717) is 22.9 Å². The number of ether oxygens (including phenoxy) is 1. The molecule has 1 aromatic rings. The molecular formula is C19H28N4O2. The summed E-state index contributed by atoms with van der Waals surface area (Å²) in [6, 6.07) is 6.95. The van der Waals surface area contributed by atoms with E-state index in [9.17, 15) is 4.79 Å². The molecule has 1 aromatic carbocycles. The first-order valence-electron chi connectivity index (χ1n) is 8.86. The molecule has 6 nitrogen and oxygen atoms in total. The molecule has 0 bridgehead atoms. The molecule has 136 valence electrons. The van der Waals surface area contributed by atoms with Gasteiger partial charge in [-0.3, -0.25) is 0 Å². The van der Waals surface area contributed by atoms with Crippen molar-refractivity contribution >= 4 is 11.7 Å². The second-order valence-corrected chi connectivity index (χ2v) is 7.02. The number of nitrogens with one attached hydrogen (secondary N) is 2. The van der Waals surface area contributed by atoms with Gasteiger partial charge in [0.15, 0.2) is 0 Å². The average Bonchev–Trinajstić information content (AvgIpc) is 2.56. The second-order valence-electron chi connectivity index (χ2n) is 7.02. The average molecular weight is 344 g/mol. The number of urea groups is 1. The molecule has 1 atom stereocenters. The Balaban J connectivity index is 2.00. The van der Waals surface area contributed by atoms with Crippen LogP contribution in [0, 0.1) is 17.2 Å². The highest BCUT2D eigenvalue weighted by atomic mass is 16.5. The molecule has 1 heterocycles. The van der Waals surface area contributed by atoms with Crippen LogP contribution in [0.3, 0.4) is 0 Å². The van der Waals surface area contributed by atoms with Crippen LogP contribution >= 0.6 is 0 Å². The van der Waals surface area contributed by atoms with Gasteiger partial charge < -0.3 is 20.3 Å². The quantitative estimate of drug-likeness (QED) is 0.860. The number of nitriles is 1. The fraction of sp³-hybridized carbons (Fsp3) is 0.579. The van der Waals surface area contributed by atoms with E-state index in [1.807, 2.05) is 20.8 Å². The first-order valence-corrected chi connectivity index (χ1v) is 8.86. The molecule has 1 unspecified atom stereocenters. The molecule has 25 heavy (non-hydrogen) atoms. The second kappa shape index (κ2) is 8.72. The summed E-state index contributed by atoms with van der Waals surface area (Å²) in [4.78, 5) is 14.7. The monoisotopic (exact) mass is 344 g/mol. The van der Waals surface area contributed by atoms with Gasteiger partial charge in [0.2, 0.25) is 0 Å². The van der Waals surface area contributed by atoms with Crippen LogP contribution in [0.25, 0.3) is 0 Å². The maximum Gasteiger partial charge on any atom is 0.319 e. The molecular weight excluding hydrogens is 316 g/mol. The van der Waals surface area contributed by atoms with Gasteiger partial charge in [-0.15, -0.1) is 0 Å². The van der Waals surface area contributed by atoms with Gasteiger partial charge in [0.25, 0.3) is 0 Å². The molecule has 1 saturated heterocycles. The summed E-state index contributed by atoms with van der Waals surface area (Å²) in [7, 11) is 2.12. The topological polar surface area (TPSA) is 77.4 Å². The molecule has 2 rings (SSSR count). The highest BCUT2D eigenvalue weighted by Crippen LogP contribution is 2.27. The molecule has 6 heteroatoms. The van der Waals surface area contributed by atoms with E-state index < -0.39 is 0 Å². The lowest BCUT2D eigenvalue weighted by Crippen LogP contribution is -2.44. The van der Waals surface area contributed by atoms with Crippen molar-refractivity contribution in [1.29, 1.82) is 5.26 Å². The van der Waals surface area contributed by atoms with Crippen molar-refractivity contribution in [2.45, 2.75) is 45.8 Å². The van der Waals surface area contributed by atoms with Crippen molar-refractivity contribution in [2.24, 2.45) is 5.92 Å². The highest BCUT2D eigenvalue weighted by molar-refractivity contribution is 5.91. The standard InChI is InChI=1S/C19H28N4O2/c1-13(2)25-18-6-5-15(12-20)11-17(18)22-19(24)21-14(3)16-7-9-23(4)10-8-16/h5-6,11,13-14,16H,7-10H2,1-4H3,(H2,21,22,24). The molecule has 0 radical (unpaired) electrons. The number of hydrogen-bond acceptors (Lipinski definition) is 4. The molecule has 1 fully saturated rings. The Morgan fingerprint density at radius 3 is 2.60 bits per heavy atom. The first-order chi connectivity index (χ1) is 11.9. The highest BCUT2D eigenvalue weighted by Gasteiger charge is 2.23. The van der Waals surface area contributed by atoms with Gasteiger partial charge in [0.05, 0.1) is 23.4 Å². The lowest BCUT2D eigenvalue weighted by atomic mass is 9.91. The number of rotatable bonds is 5. The lowest BCUT2D eigenvalue weighted by molar-refractivity contribution is 0.189. The molecule has 1 aliphatic heterocycles. The van der Waals surface area contributed by atoms with Crippen LogP contribution in [0.5, 0.6) is 5.75 Å². The Morgan fingerprint density at radius 1 is 1.32 bits per heavy atom. The van der Waals surface area contributed by atoms with Crippen molar-refractivity contribution in [3.05, 3.63) is 23.8 Å². The van der Waals surface area contributed by atoms with E-state index in [0.717, 1.165) is 25.9 Å². The van der Waals surface area contributed by atoms with Gasteiger partial charge >= 0.3 is 6.03 Å².